The standard InChI is InChI=1S/C13H12FNO3/c1-3-4-11(13(17)18-2)15-12(16)9-5-7-10(14)8-6-9/h1,5-8,11H,4H2,2H3,(H,15,16)/t11-/m1/s1. The number of rotatable bonds is 4. The minimum atomic E-state index is -0.905. The molecule has 0 bridgehead atoms. The highest BCUT2D eigenvalue weighted by molar-refractivity contribution is 5.96. The van der Waals surface area contributed by atoms with E-state index in [4.69, 9.17) is 6.42 Å². The molecule has 0 unspecified atom stereocenters. The summed E-state index contributed by atoms with van der Waals surface area (Å²) in [5.41, 5.74) is 0.238. The summed E-state index contributed by atoms with van der Waals surface area (Å²) >= 11 is 0. The number of carbonyl (C=O) groups excluding carboxylic acids is 2. The number of amides is 1. The van der Waals surface area contributed by atoms with Crippen LogP contribution in [0.2, 0.25) is 0 Å². The molecule has 4 nitrogen and oxygen atoms in total. The Hall–Kier alpha value is -2.35. The Labute approximate surface area is 104 Å². The molecule has 5 heteroatoms. The minimum Gasteiger partial charge on any atom is -0.467 e. The van der Waals surface area contributed by atoms with Gasteiger partial charge in [0.05, 0.1) is 7.11 Å². The smallest absolute Gasteiger partial charge is 0.329 e. The lowest BCUT2D eigenvalue weighted by Crippen LogP contribution is -2.41. The van der Waals surface area contributed by atoms with Crippen LogP contribution in [-0.4, -0.2) is 25.0 Å². The van der Waals surface area contributed by atoms with E-state index in [0.29, 0.717) is 0 Å². The fraction of sp³-hybridized carbons (Fsp3) is 0.231. The number of nitrogens with one attached hydrogen (secondary N) is 1. The first kappa shape index (κ1) is 13.7. The van der Waals surface area contributed by atoms with Crippen LogP contribution in [0.3, 0.4) is 0 Å². The summed E-state index contributed by atoms with van der Waals surface area (Å²) in [4.78, 5) is 23.1. The molecular weight excluding hydrogens is 237 g/mol. The molecule has 1 rings (SSSR count). The molecule has 0 fully saturated rings. The fourth-order valence-electron chi connectivity index (χ4n) is 1.30. The number of carbonyl (C=O) groups is 2. The molecule has 0 spiro atoms. The van der Waals surface area contributed by atoms with Crippen LogP contribution in [0.25, 0.3) is 0 Å². The number of halogens is 1. The second-order valence-electron chi connectivity index (χ2n) is 3.46. The number of methoxy groups -OCH3 is 1. The summed E-state index contributed by atoms with van der Waals surface area (Å²) in [6.45, 7) is 0. The third-order valence-electron chi connectivity index (χ3n) is 2.22. The third kappa shape index (κ3) is 3.59. The van der Waals surface area contributed by atoms with E-state index in [9.17, 15) is 14.0 Å². The molecule has 1 aromatic rings. The van der Waals surface area contributed by atoms with Crippen LogP contribution >= 0.6 is 0 Å². The van der Waals surface area contributed by atoms with Crippen molar-refractivity contribution in [2.45, 2.75) is 12.5 Å². The summed E-state index contributed by atoms with van der Waals surface area (Å²) in [6, 6.07) is 4.04. The van der Waals surface area contributed by atoms with Crippen LogP contribution in [0.15, 0.2) is 24.3 Å². The van der Waals surface area contributed by atoms with Crippen LogP contribution < -0.4 is 5.32 Å². The van der Waals surface area contributed by atoms with Crippen molar-refractivity contribution in [2.24, 2.45) is 0 Å². The van der Waals surface area contributed by atoms with Crippen molar-refractivity contribution < 1.29 is 18.7 Å². The van der Waals surface area contributed by atoms with Crippen LogP contribution in [-0.2, 0) is 9.53 Å². The van der Waals surface area contributed by atoms with Gasteiger partial charge in [0.1, 0.15) is 11.9 Å². The van der Waals surface area contributed by atoms with Gasteiger partial charge in [-0.05, 0) is 24.3 Å². The van der Waals surface area contributed by atoms with Gasteiger partial charge in [-0.1, -0.05) is 0 Å². The second-order valence-corrected chi connectivity index (χ2v) is 3.46. The van der Waals surface area contributed by atoms with Gasteiger partial charge in [-0.3, -0.25) is 4.79 Å². The Morgan fingerprint density at radius 1 is 1.44 bits per heavy atom. The quantitative estimate of drug-likeness (QED) is 0.642. The first-order chi connectivity index (χ1) is 8.58. The summed E-state index contributed by atoms with van der Waals surface area (Å²) in [6.07, 6.45) is 5.12. The Morgan fingerprint density at radius 3 is 2.56 bits per heavy atom. The number of terminal acetylenes is 1. The van der Waals surface area contributed by atoms with Gasteiger partial charge < -0.3 is 10.1 Å². The Kier molecular flexibility index (Phi) is 4.88. The molecule has 0 saturated heterocycles. The molecule has 1 amide bonds. The lowest BCUT2D eigenvalue weighted by atomic mass is 10.1. The SMILES string of the molecule is C#CC[C@@H](NC(=O)c1ccc(F)cc1)C(=O)OC. The van der Waals surface area contributed by atoms with E-state index in [1.807, 2.05) is 0 Å². The molecule has 1 N–H and O–H groups in total. The maximum absolute atomic E-state index is 12.7. The third-order valence-corrected chi connectivity index (χ3v) is 2.22. The first-order valence-electron chi connectivity index (χ1n) is 5.16. The monoisotopic (exact) mass is 249 g/mol. The molecule has 0 aliphatic carbocycles. The number of benzene rings is 1. The highest BCUT2D eigenvalue weighted by atomic mass is 19.1. The number of ether oxygens (including phenoxy) is 1. The second kappa shape index (κ2) is 6.40. The van der Waals surface area contributed by atoms with Gasteiger partial charge >= 0.3 is 5.97 Å². The predicted molar refractivity (Wildman–Crippen MR) is 63.1 cm³/mol. The van der Waals surface area contributed by atoms with E-state index in [-0.39, 0.29) is 12.0 Å². The number of hydrogen-bond donors (Lipinski definition) is 1. The van der Waals surface area contributed by atoms with E-state index in [0.717, 1.165) is 12.1 Å². The lowest BCUT2D eigenvalue weighted by Gasteiger charge is -2.13. The van der Waals surface area contributed by atoms with Crippen molar-refractivity contribution in [3.8, 4) is 12.3 Å². The normalized spacial score (nSPS) is 11.2. The average Bonchev–Trinajstić information content (AvgIpc) is 2.38. The molecule has 0 radical (unpaired) electrons. The zero-order chi connectivity index (χ0) is 13.5. The highest BCUT2D eigenvalue weighted by Gasteiger charge is 2.20. The molecule has 0 aliphatic rings. The fourth-order valence-corrected chi connectivity index (χ4v) is 1.30. The van der Waals surface area contributed by atoms with Crippen molar-refractivity contribution in [3.05, 3.63) is 35.6 Å². The highest BCUT2D eigenvalue weighted by Crippen LogP contribution is 2.04. The zero-order valence-electron chi connectivity index (χ0n) is 9.77. The van der Waals surface area contributed by atoms with Gasteiger partial charge in [-0.2, -0.15) is 0 Å². The molecule has 1 aromatic carbocycles. The van der Waals surface area contributed by atoms with Gasteiger partial charge in [-0.15, -0.1) is 12.3 Å². The van der Waals surface area contributed by atoms with Crippen molar-refractivity contribution in [3.63, 3.8) is 0 Å². The van der Waals surface area contributed by atoms with E-state index in [2.05, 4.69) is 16.0 Å². The van der Waals surface area contributed by atoms with Gasteiger partial charge in [0.2, 0.25) is 0 Å². The maximum Gasteiger partial charge on any atom is 0.329 e. The Morgan fingerprint density at radius 2 is 2.06 bits per heavy atom. The van der Waals surface area contributed by atoms with Crippen LogP contribution in [0.1, 0.15) is 16.8 Å². The van der Waals surface area contributed by atoms with Crippen molar-refractivity contribution in [2.75, 3.05) is 7.11 Å². The van der Waals surface area contributed by atoms with Gasteiger partial charge in [0, 0.05) is 12.0 Å². The Bertz CT molecular complexity index is 476. The van der Waals surface area contributed by atoms with Gasteiger partial charge in [0.25, 0.3) is 5.91 Å². The molecule has 0 aliphatic heterocycles. The lowest BCUT2D eigenvalue weighted by molar-refractivity contribution is -0.142. The van der Waals surface area contributed by atoms with Gasteiger partial charge in [0.15, 0.2) is 0 Å². The molecule has 0 heterocycles. The summed E-state index contributed by atoms with van der Waals surface area (Å²) in [5.74, 6) is 0.694. The van der Waals surface area contributed by atoms with Crippen molar-refractivity contribution in [1.29, 1.82) is 0 Å². The molecule has 18 heavy (non-hydrogen) atoms. The van der Waals surface area contributed by atoms with Crippen LogP contribution in [0.5, 0.6) is 0 Å². The minimum absolute atomic E-state index is 0.0274. The Balaban J connectivity index is 2.75. The van der Waals surface area contributed by atoms with Crippen molar-refractivity contribution >= 4 is 11.9 Å². The number of hydrogen-bond acceptors (Lipinski definition) is 3. The van der Waals surface area contributed by atoms with Gasteiger partial charge in [-0.25, -0.2) is 9.18 Å². The average molecular weight is 249 g/mol. The molecule has 94 valence electrons. The number of esters is 1. The van der Waals surface area contributed by atoms with Crippen LogP contribution in [0.4, 0.5) is 4.39 Å². The van der Waals surface area contributed by atoms with E-state index >= 15 is 0 Å². The summed E-state index contributed by atoms with van der Waals surface area (Å²) in [7, 11) is 1.20. The summed E-state index contributed by atoms with van der Waals surface area (Å²) in [5, 5.41) is 2.43. The molecule has 0 saturated carbocycles. The van der Waals surface area contributed by atoms with Crippen LogP contribution in [0, 0.1) is 18.2 Å². The van der Waals surface area contributed by atoms with E-state index < -0.39 is 23.7 Å². The maximum atomic E-state index is 12.7. The van der Waals surface area contributed by atoms with E-state index in [1.54, 1.807) is 0 Å². The molecule has 1 atom stereocenters. The molecular formula is C13H12FNO3. The predicted octanol–water partition coefficient (Wildman–Crippen LogP) is 1.12. The van der Waals surface area contributed by atoms with Crippen molar-refractivity contribution in [1.82, 2.24) is 5.32 Å². The summed E-state index contributed by atoms with van der Waals surface area (Å²) < 4.78 is 17.2. The van der Waals surface area contributed by atoms with E-state index in [1.165, 1.54) is 19.2 Å². The first-order valence-corrected chi connectivity index (χ1v) is 5.16. The molecule has 0 aromatic heterocycles. The topological polar surface area (TPSA) is 55.4 Å². The zero-order valence-corrected chi connectivity index (χ0v) is 9.77. The largest absolute Gasteiger partial charge is 0.467 e.